The van der Waals surface area contributed by atoms with Crippen molar-refractivity contribution in [3.05, 3.63) is 33.9 Å². The maximum atomic E-state index is 6.16. The Bertz CT molecular complexity index is 741. The molecule has 0 spiro atoms. The first kappa shape index (κ1) is 14.6. The van der Waals surface area contributed by atoms with Crippen LogP contribution in [0.4, 0.5) is 0 Å². The third-order valence-corrected chi connectivity index (χ3v) is 5.02. The average Bonchev–Trinajstić information content (AvgIpc) is 3.18. The van der Waals surface area contributed by atoms with Crippen LogP contribution < -0.4 is 0 Å². The summed E-state index contributed by atoms with van der Waals surface area (Å²) >= 11 is 7.94. The number of aromatic nitrogens is 4. The summed E-state index contributed by atoms with van der Waals surface area (Å²) in [5.74, 6) is 1.34. The van der Waals surface area contributed by atoms with E-state index in [9.17, 15) is 0 Å². The van der Waals surface area contributed by atoms with E-state index in [0.29, 0.717) is 5.88 Å². The number of thiophene rings is 1. The maximum absolute atomic E-state index is 6.16. The van der Waals surface area contributed by atoms with Gasteiger partial charge in [0.1, 0.15) is 11.3 Å². The Morgan fingerprint density at radius 1 is 1.38 bits per heavy atom. The highest BCUT2D eigenvalue weighted by Gasteiger charge is 2.24. The molecule has 0 radical (unpaired) electrons. The summed E-state index contributed by atoms with van der Waals surface area (Å²) in [4.78, 5) is 6.07. The highest BCUT2D eigenvalue weighted by molar-refractivity contribution is 7.10. The highest BCUT2D eigenvalue weighted by Crippen LogP contribution is 2.32. The molecule has 3 aromatic heterocycles. The molecule has 0 amide bonds. The van der Waals surface area contributed by atoms with Crippen molar-refractivity contribution in [3.8, 4) is 0 Å². The minimum atomic E-state index is 0.269. The van der Waals surface area contributed by atoms with Crippen molar-refractivity contribution in [2.45, 2.75) is 45.7 Å². The topological polar surface area (TPSA) is 35.6 Å². The number of rotatable bonds is 5. The zero-order valence-electron chi connectivity index (χ0n) is 12.5. The Morgan fingerprint density at radius 3 is 2.76 bits per heavy atom. The molecular formula is C15H19ClN4S. The summed E-state index contributed by atoms with van der Waals surface area (Å²) in [5, 5.41) is 6.72. The fourth-order valence-electron chi connectivity index (χ4n) is 2.87. The molecule has 0 aromatic carbocycles. The number of aryl methyl sites for hydroxylation is 2. The van der Waals surface area contributed by atoms with E-state index in [4.69, 9.17) is 16.6 Å². The second-order valence-electron chi connectivity index (χ2n) is 5.04. The van der Waals surface area contributed by atoms with E-state index in [1.54, 1.807) is 11.3 Å². The number of hydrogen-bond donors (Lipinski definition) is 0. The smallest absolute Gasteiger partial charge is 0.159 e. The van der Waals surface area contributed by atoms with Crippen molar-refractivity contribution >= 4 is 34.1 Å². The summed E-state index contributed by atoms with van der Waals surface area (Å²) in [6.07, 6.45) is 1.00. The second kappa shape index (κ2) is 5.81. The lowest BCUT2D eigenvalue weighted by atomic mass is 10.2. The molecule has 3 heterocycles. The van der Waals surface area contributed by atoms with Crippen LogP contribution in [0.15, 0.2) is 17.5 Å². The Morgan fingerprint density at radius 2 is 2.19 bits per heavy atom. The van der Waals surface area contributed by atoms with Crippen LogP contribution in [0.5, 0.6) is 0 Å². The SMILES string of the molecule is CCC(c1cccs1)n1c(CCl)nc2c(C)nn(CC)c21. The van der Waals surface area contributed by atoms with Crippen molar-refractivity contribution in [2.24, 2.45) is 0 Å². The molecule has 0 saturated heterocycles. The third kappa shape index (κ3) is 2.28. The zero-order chi connectivity index (χ0) is 15.0. The molecule has 6 heteroatoms. The molecule has 1 atom stereocenters. The van der Waals surface area contributed by atoms with E-state index in [1.165, 1.54) is 4.88 Å². The molecule has 1 unspecified atom stereocenters. The van der Waals surface area contributed by atoms with Gasteiger partial charge in [0.05, 0.1) is 17.6 Å². The van der Waals surface area contributed by atoms with Crippen molar-refractivity contribution < 1.29 is 0 Å². The summed E-state index contributed by atoms with van der Waals surface area (Å²) in [6.45, 7) is 7.15. The molecule has 3 aromatic rings. The van der Waals surface area contributed by atoms with Gasteiger partial charge in [-0.25, -0.2) is 9.67 Å². The lowest BCUT2D eigenvalue weighted by molar-refractivity contribution is 0.547. The molecule has 21 heavy (non-hydrogen) atoms. The predicted octanol–water partition coefficient (Wildman–Crippen LogP) is 4.36. The Hall–Kier alpha value is -1.33. The molecule has 0 fully saturated rings. The summed E-state index contributed by atoms with van der Waals surface area (Å²) < 4.78 is 4.31. The Labute approximate surface area is 133 Å². The summed E-state index contributed by atoms with van der Waals surface area (Å²) in [5.41, 5.74) is 3.03. The van der Waals surface area contributed by atoms with Gasteiger partial charge in [0.2, 0.25) is 0 Å². The lowest BCUT2D eigenvalue weighted by Crippen LogP contribution is -2.14. The Balaban J connectivity index is 2.28. The van der Waals surface area contributed by atoms with Gasteiger partial charge in [-0.3, -0.25) is 0 Å². The monoisotopic (exact) mass is 322 g/mol. The first-order valence-electron chi connectivity index (χ1n) is 7.24. The normalized spacial score (nSPS) is 13.1. The predicted molar refractivity (Wildman–Crippen MR) is 88.2 cm³/mol. The van der Waals surface area contributed by atoms with E-state index < -0.39 is 0 Å². The van der Waals surface area contributed by atoms with Gasteiger partial charge in [0.25, 0.3) is 0 Å². The van der Waals surface area contributed by atoms with E-state index in [2.05, 4.69) is 41.0 Å². The van der Waals surface area contributed by atoms with Crippen LogP contribution >= 0.6 is 22.9 Å². The maximum Gasteiger partial charge on any atom is 0.159 e. The number of alkyl halides is 1. The van der Waals surface area contributed by atoms with Crippen LogP contribution in [0, 0.1) is 6.92 Å². The van der Waals surface area contributed by atoms with Gasteiger partial charge in [-0.05, 0) is 31.7 Å². The van der Waals surface area contributed by atoms with Gasteiger partial charge < -0.3 is 4.57 Å². The van der Waals surface area contributed by atoms with Crippen molar-refractivity contribution in [2.75, 3.05) is 0 Å². The molecule has 0 N–H and O–H groups in total. The fourth-order valence-corrected chi connectivity index (χ4v) is 3.96. The van der Waals surface area contributed by atoms with Gasteiger partial charge in [0, 0.05) is 11.4 Å². The molecule has 0 bridgehead atoms. The number of nitrogens with zero attached hydrogens (tertiary/aromatic N) is 4. The summed E-state index contributed by atoms with van der Waals surface area (Å²) in [6, 6.07) is 4.55. The van der Waals surface area contributed by atoms with E-state index in [-0.39, 0.29) is 6.04 Å². The van der Waals surface area contributed by atoms with Crippen molar-refractivity contribution in [1.82, 2.24) is 19.3 Å². The van der Waals surface area contributed by atoms with Gasteiger partial charge >= 0.3 is 0 Å². The molecule has 0 saturated carbocycles. The van der Waals surface area contributed by atoms with E-state index in [0.717, 1.165) is 35.6 Å². The molecule has 4 nitrogen and oxygen atoms in total. The molecule has 0 aliphatic heterocycles. The second-order valence-corrected chi connectivity index (χ2v) is 6.29. The quantitative estimate of drug-likeness (QED) is 0.654. The van der Waals surface area contributed by atoms with Crippen LogP contribution in [0.25, 0.3) is 11.2 Å². The minimum Gasteiger partial charge on any atom is -0.303 e. The molecule has 112 valence electrons. The van der Waals surface area contributed by atoms with Crippen molar-refractivity contribution in [3.63, 3.8) is 0 Å². The van der Waals surface area contributed by atoms with Crippen LogP contribution in [0.2, 0.25) is 0 Å². The highest BCUT2D eigenvalue weighted by atomic mass is 35.5. The van der Waals surface area contributed by atoms with Crippen LogP contribution in [0.1, 0.15) is 42.7 Å². The molecular weight excluding hydrogens is 304 g/mol. The van der Waals surface area contributed by atoms with Gasteiger partial charge in [-0.15, -0.1) is 22.9 Å². The van der Waals surface area contributed by atoms with Gasteiger partial charge in [0.15, 0.2) is 5.65 Å². The fraction of sp³-hybridized carbons (Fsp3) is 0.467. The third-order valence-electron chi connectivity index (χ3n) is 3.81. The standard InChI is InChI=1S/C15H19ClN4S/c1-4-11(12-7-6-8-21-12)20-13(9-16)17-14-10(3)18-19(5-2)15(14)20/h6-8,11H,4-5,9H2,1-3H3. The number of halogens is 1. The van der Waals surface area contributed by atoms with Gasteiger partial charge in [-0.2, -0.15) is 5.10 Å². The largest absolute Gasteiger partial charge is 0.303 e. The first-order valence-corrected chi connectivity index (χ1v) is 8.66. The summed E-state index contributed by atoms with van der Waals surface area (Å²) in [7, 11) is 0. The lowest BCUT2D eigenvalue weighted by Gasteiger charge is -2.19. The van der Waals surface area contributed by atoms with Crippen LogP contribution in [0.3, 0.4) is 0 Å². The average molecular weight is 323 g/mol. The van der Waals surface area contributed by atoms with Crippen LogP contribution in [-0.2, 0) is 12.4 Å². The number of imidazole rings is 1. The van der Waals surface area contributed by atoms with Gasteiger partial charge in [-0.1, -0.05) is 13.0 Å². The van der Waals surface area contributed by atoms with E-state index >= 15 is 0 Å². The molecule has 0 aliphatic rings. The number of fused-ring (bicyclic) bond motifs is 1. The van der Waals surface area contributed by atoms with Crippen molar-refractivity contribution in [1.29, 1.82) is 0 Å². The van der Waals surface area contributed by atoms with E-state index in [1.807, 2.05) is 11.6 Å². The first-order chi connectivity index (χ1) is 10.2. The molecule has 3 rings (SSSR count). The minimum absolute atomic E-state index is 0.269. The Kier molecular flexibility index (Phi) is 4.04. The zero-order valence-corrected chi connectivity index (χ0v) is 14.1. The van der Waals surface area contributed by atoms with Crippen LogP contribution in [-0.4, -0.2) is 19.3 Å². The molecule has 0 aliphatic carbocycles. The number of hydrogen-bond acceptors (Lipinski definition) is 3.